The SMILES string of the molecule is O=S(O)OS(=O)OS(=O)O.[H-].[H-].[Na+].[Na+]. The number of hydrogen-bond acceptors (Lipinski definition) is 5. The summed E-state index contributed by atoms with van der Waals surface area (Å²) < 4.78 is 51.9. The van der Waals surface area contributed by atoms with Crippen LogP contribution in [0.2, 0.25) is 0 Å². The fourth-order valence-electron chi connectivity index (χ4n) is 0.106. The van der Waals surface area contributed by atoms with Crippen molar-refractivity contribution in [3.63, 3.8) is 0 Å². The zero-order valence-electron chi connectivity index (χ0n) is 8.16. The van der Waals surface area contributed by atoms with Gasteiger partial charge < -0.3 is 2.85 Å². The Balaban J connectivity index is -0.0000000675. The summed E-state index contributed by atoms with van der Waals surface area (Å²) in [6.07, 6.45) is 0. The Morgan fingerprint density at radius 2 is 1.17 bits per heavy atom. The molecule has 0 spiro atoms. The van der Waals surface area contributed by atoms with E-state index in [1.165, 1.54) is 0 Å². The zero-order chi connectivity index (χ0) is 8.15. The van der Waals surface area contributed by atoms with Gasteiger partial charge in [0.05, 0.1) is 0 Å². The van der Waals surface area contributed by atoms with Crippen LogP contribution in [0.15, 0.2) is 0 Å². The third-order valence-electron chi connectivity index (χ3n) is 0.228. The molecule has 2 atom stereocenters. The molecular weight excluding hydrogens is 254 g/mol. The normalized spacial score (nSPS) is 16.5. The minimum Gasteiger partial charge on any atom is -1.00 e. The number of rotatable bonds is 4. The molecule has 0 saturated carbocycles. The molecule has 0 aromatic heterocycles. The Labute approximate surface area is 123 Å². The van der Waals surface area contributed by atoms with Crippen molar-refractivity contribution in [2.45, 2.75) is 0 Å². The first-order valence-corrected chi connectivity index (χ1v) is 4.60. The van der Waals surface area contributed by atoms with Crippen molar-refractivity contribution in [2.24, 2.45) is 0 Å². The molecule has 0 bridgehead atoms. The molecule has 12 heteroatoms. The van der Waals surface area contributed by atoms with Gasteiger partial charge in [-0.25, -0.2) is 0 Å². The van der Waals surface area contributed by atoms with Crippen LogP contribution in [0.25, 0.3) is 0 Å². The van der Waals surface area contributed by atoms with E-state index >= 15 is 0 Å². The minimum atomic E-state index is -2.78. The van der Waals surface area contributed by atoms with Crippen molar-refractivity contribution in [3.05, 3.63) is 0 Å². The summed E-state index contributed by atoms with van der Waals surface area (Å²) in [4.78, 5) is 0. The van der Waals surface area contributed by atoms with Gasteiger partial charge in [0.2, 0.25) is 0 Å². The van der Waals surface area contributed by atoms with Crippen LogP contribution in [-0.4, -0.2) is 21.7 Å². The van der Waals surface area contributed by atoms with E-state index in [-0.39, 0.29) is 62.0 Å². The second-order valence-corrected chi connectivity index (χ2v) is 3.14. The van der Waals surface area contributed by atoms with Gasteiger partial charge in [-0.3, -0.25) is 9.11 Å². The van der Waals surface area contributed by atoms with Gasteiger partial charge in [-0.05, 0) is 0 Å². The summed E-state index contributed by atoms with van der Waals surface area (Å²) in [6, 6.07) is 0. The molecule has 2 N–H and O–H groups in total. The molecule has 2 unspecified atom stereocenters. The molecule has 7 nitrogen and oxygen atoms in total. The van der Waals surface area contributed by atoms with Crippen molar-refractivity contribution in [3.8, 4) is 0 Å². The molecule has 0 radical (unpaired) electrons. The van der Waals surface area contributed by atoms with E-state index in [1.807, 2.05) is 0 Å². The van der Waals surface area contributed by atoms with Crippen LogP contribution in [0.1, 0.15) is 2.85 Å². The Morgan fingerprint density at radius 3 is 1.33 bits per heavy atom. The van der Waals surface area contributed by atoms with Gasteiger partial charge in [-0.2, -0.15) is 12.6 Å². The van der Waals surface area contributed by atoms with Crippen molar-refractivity contribution in [2.75, 3.05) is 0 Å². The van der Waals surface area contributed by atoms with Gasteiger partial charge >= 0.3 is 93.2 Å². The molecule has 0 aliphatic heterocycles. The predicted octanol–water partition coefficient (Wildman–Crippen LogP) is -6.90. The molecule has 0 heterocycles. The van der Waals surface area contributed by atoms with E-state index in [2.05, 4.69) is 7.26 Å². The molecule has 0 saturated heterocycles. The first-order valence-electron chi connectivity index (χ1n) is 1.53. The summed E-state index contributed by atoms with van der Waals surface area (Å²) >= 11 is -8.25. The molecule has 12 heavy (non-hydrogen) atoms. The first-order chi connectivity index (χ1) is 4.52. The van der Waals surface area contributed by atoms with E-state index < -0.39 is 34.1 Å². The van der Waals surface area contributed by atoms with Crippen LogP contribution in [0, 0.1) is 0 Å². The average molecular weight is 258 g/mol. The third-order valence-corrected chi connectivity index (χ3v) is 2.05. The summed E-state index contributed by atoms with van der Waals surface area (Å²) in [6.45, 7) is 0. The van der Waals surface area contributed by atoms with E-state index in [4.69, 9.17) is 9.11 Å². The van der Waals surface area contributed by atoms with Crippen LogP contribution in [-0.2, 0) is 41.3 Å². The molecule has 0 rings (SSSR count). The Hall–Kier alpha value is 2.29. The molecule has 0 aromatic carbocycles. The van der Waals surface area contributed by atoms with Gasteiger partial charge in [0.15, 0.2) is 0 Å². The van der Waals surface area contributed by atoms with Gasteiger partial charge in [0.1, 0.15) is 0 Å². The summed E-state index contributed by atoms with van der Waals surface area (Å²) in [7, 11) is 0. The van der Waals surface area contributed by atoms with Crippen LogP contribution >= 0.6 is 0 Å². The van der Waals surface area contributed by atoms with Gasteiger partial charge in [0.25, 0.3) is 0 Å². The fraction of sp³-hybridized carbons (Fsp3) is 0. The monoisotopic (exact) mass is 258 g/mol. The minimum absolute atomic E-state index is 0. The van der Waals surface area contributed by atoms with Crippen molar-refractivity contribution >= 4 is 34.1 Å². The maximum atomic E-state index is 10.0. The molecule has 66 valence electrons. The fourth-order valence-corrected chi connectivity index (χ4v) is 1.16. The van der Waals surface area contributed by atoms with Crippen molar-refractivity contribution < 1.29 is 91.0 Å². The summed E-state index contributed by atoms with van der Waals surface area (Å²) in [5.74, 6) is 0. The van der Waals surface area contributed by atoms with Crippen LogP contribution in [0.4, 0.5) is 0 Å². The predicted molar refractivity (Wildman–Crippen MR) is 34.1 cm³/mol. The second kappa shape index (κ2) is 11.4. The smallest absolute Gasteiger partial charge is 1.00 e. The zero-order valence-corrected chi connectivity index (χ0v) is 12.6. The van der Waals surface area contributed by atoms with Gasteiger partial charge in [-0.15, -0.1) is 7.26 Å². The first kappa shape index (κ1) is 19.8. The Kier molecular flexibility index (Phi) is 18.8. The second-order valence-electron chi connectivity index (χ2n) is 0.774. The average Bonchev–Trinajstić information content (AvgIpc) is 1.58. The van der Waals surface area contributed by atoms with Crippen LogP contribution < -0.4 is 59.1 Å². The third kappa shape index (κ3) is 14.8. The number of hydrogen-bond donors (Lipinski definition) is 2. The molecule has 0 aromatic rings. The van der Waals surface area contributed by atoms with Gasteiger partial charge in [0, 0.05) is 0 Å². The Bertz CT molecular complexity index is 168. The molecule has 0 aliphatic rings. The standard InChI is InChI=1S/2Na.H2O7S3.2H/c;;1-8(2)6-10(5)7-9(3)4;;/h;;(H,1,2)(H,3,4);;/q2*+1;;2*-1. The van der Waals surface area contributed by atoms with E-state index in [0.29, 0.717) is 0 Å². The molecule has 0 amide bonds. The quantitative estimate of drug-likeness (QED) is 0.381. The molecule has 0 aliphatic carbocycles. The summed E-state index contributed by atoms with van der Waals surface area (Å²) in [5, 5.41) is 0. The van der Waals surface area contributed by atoms with E-state index in [1.54, 1.807) is 0 Å². The van der Waals surface area contributed by atoms with E-state index in [9.17, 15) is 12.6 Å². The Morgan fingerprint density at radius 1 is 0.917 bits per heavy atom. The van der Waals surface area contributed by atoms with Crippen LogP contribution in [0.5, 0.6) is 0 Å². The van der Waals surface area contributed by atoms with Crippen LogP contribution in [0.3, 0.4) is 0 Å². The molecule has 0 fully saturated rings. The van der Waals surface area contributed by atoms with Crippen molar-refractivity contribution in [1.29, 1.82) is 0 Å². The molecular formula is H4Na2O7S3. The maximum Gasteiger partial charge on any atom is 1.00 e. The van der Waals surface area contributed by atoms with Gasteiger partial charge in [-0.1, -0.05) is 0 Å². The topological polar surface area (TPSA) is 110 Å². The van der Waals surface area contributed by atoms with E-state index in [0.717, 1.165) is 0 Å². The van der Waals surface area contributed by atoms with Crippen molar-refractivity contribution in [1.82, 2.24) is 0 Å². The largest absolute Gasteiger partial charge is 1.00 e. The summed E-state index contributed by atoms with van der Waals surface area (Å²) in [5.41, 5.74) is 0. The maximum absolute atomic E-state index is 10.0.